The van der Waals surface area contributed by atoms with E-state index in [1.165, 1.54) is 11.1 Å². The molecule has 4 nitrogen and oxygen atoms in total. The van der Waals surface area contributed by atoms with Gasteiger partial charge in [0.1, 0.15) is 11.5 Å². The second kappa shape index (κ2) is 6.27. The predicted molar refractivity (Wildman–Crippen MR) is 89.4 cm³/mol. The lowest BCUT2D eigenvalue weighted by atomic mass is 9.89. The first-order valence-electron chi connectivity index (χ1n) is 7.72. The Balaban J connectivity index is 0.000000220. The third-order valence-electron chi connectivity index (χ3n) is 3.71. The van der Waals surface area contributed by atoms with Crippen molar-refractivity contribution < 1.29 is 9.05 Å². The average molecular weight is 306 g/mol. The molecule has 22 heavy (non-hydrogen) atoms. The summed E-state index contributed by atoms with van der Waals surface area (Å²) in [5, 5.41) is 7.92. The van der Waals surface area contributed by atoms with Crippen LogP contribution in [0.4, 0.5) is 0 Å². The first kappa shape index (κ1) is 18.5. The van der Waals surface area contributed by atoms with Gasteiger partial charge < -0.3 is 9.05 Å². The van der Waals surface area contributed by atoms with Gasteiger partial charge in [0, 0.05) is 22.0 Å². The Bertz CT molecular complexity index is 566. The Labute approximate surface area is 134 Å². The molecule has 0 aromatic carbocycles. The molecule has 0 spiro atoms. The maximum Gasteiger partial charge on any atom is 0.145 e. The van der Waals surface area contributed by atoms with E-state index in [-0.39, 0.29) is 10.8 Å². The minimum absolute atomic E-state index is 0.0747. The molecule has 0 radical (unpaired) electrons. The van der Waals surface area contributed by atoms with Gasteiger partial charge in [0.15, 0.2) is 0 Å². The maximum atomic E-state index is 5.21. The second-order valence-electron chi connectivity index (χ2n) is 7.93. The molecule has 0 aliphatic carbocycles. The molecule has 0 saturated carbocycles. The van der Waals surface area contributed by atoms with Gasteiger partial charge in [-0.1, -0.05) is 51.9 Å². The van der Waals surface area contributed by atoms with Crippen molar-refractivity contribution >= 4 is 0 Å². The average Bonchev–Trinajstić information content (AvgIpc) is 2.84. The van der Waals surface area contributed by atoms with E-state index in [4.69, 9.17) is 9.05 Å². The fourth-order valence-corrected chi connectivity index (χ4v) is 2.23. The summed E-state index contributed by atoms with van der Waals surface area (Å²) < 4.78 is 10.3. The molecular formula is C18H30N2O2. The number of nitrogens with zero attached hydrogens (tertiary/aromatic N) is 2. The van der Waals surface area contributed by atoms with Gasteiger partial charge >= 0.3 is 0 Å². The van der Waals surface area contributed by atoms with Gasteiger partial charge in [-0.3, -0.25) is 0 Å². The minimum atomic E-state index is 0.0747. The first-order chi connectivity index (χ1) is 9.85. The van der Waals surface area contributed by atoms with Gasteiger partial charge in [0.2, 0.25) is 0 Å². The van der Waals surface area contributed by atoms with Crippen molar-refractivity contribution in [3.8, 4) is 0 Å². The van der Waals surface area contributed by atoms with Crippen LogP contribution in [0, 0.1) is 27.7 Å². The molecule has 124 valence electrons. The normalized spacial score (nSPS) is 12.1. The van der Waals surface area contributed by atoms with Crippen LogP contribution < -0.4 is 0 Å². The molecule has 0 aliphatic heterocycles. The molecule has 2 rings (SSSR count). The SMILES string of the molecule is Cc1noc(C(C)(C)C)c1C.Cc1onc(C(C)(C)C)c1C. The molecule has 0 N–H and O–H groups in total. The molecule has 0 saturated heterocycles. The van der Waals surface area contributed by atoms with Crippen molar-refractivity contribution in [3.05, 3.63) is 34.0 Å². The van der Waals surface area contributed by atoms with E-state index < -0.39 is 0 Å². The Morgan fingerprint density at radius 1 is 0.682 bits per heavy atom. The highest BCUT2D eigenvalue weighted by molar-refractivity contribution is 5.26. The molecule has 0 unspecified atom stereocenters. The lowest BCUT2D eigenvalue weighted by Crippen LogP contribution is -2.12. The summed E-state index contributed by atoms with van der Waals surface area (Å²) in [6.45, 7) is 20.8. The van der Waals surface area contributed by atoms with Crippen molar-refractivity contribution in [2.75, 3.05) is 0 Å². The zero-order chi connectivity index (χ0) is 17.3. The number of aryl methyl sites for hydroxylation is 2. The number of hydrogen-bond acceptors (Lipinski definition) is 4. The van der Waals surface area contributed by atoms with E-state index in [0.717, 1.165) is 22.9 Å². The number of hydrogen-bond donors (Lipinski definition) is 0. The van der Waals surface area contributed by atoms with Crippen LogP contribution in [0.1, 0.15) is 75.6 Å². The van der Waals surface area contributed by atoms with Crippen LogP contribution in [0.5, 0.6) is 0 Å². The molecule has 0 fully saturated rings. The van der Waals surface area contributed by atoms with Crippen molar-refractivity contribution in [1.82, 2.24) is 10.3 Å². The van der Waals surface area contributed by atoms with Gasteiger partial charge in [-0.15, -0.1) is 0 Å². The standard InChI is InChI=1S/2C9H15NO/c1-6-7(2)11-10-8(6)9(3,4)5;1-6-7(2)10-11-8(6)9(3,4)5/h2*1-5H3. The number of aromatic nitrogens is 2. The highest BCUT2D eigenvalue weighted by Crippen LogP contribution is 2.27. The van der Waals surface area contributed by atoms with E-state index in [1.807, 2.05) is 27.7 Å². The fourth-order valence-electron chi connectivity index (χ4n) is 2.23. The second-order valence-corrected chi connectivity index (χ2v) is 7.93. The van der Waals surface area contributed by atoms with E-state index in [1.54, 1.807) is 0 Å². The van der Waals surface area contributed by atoms with Gasteiger partial charge in [0.05, 0.1) is 11.4 Å². The Morgan fingerprint density at radius 2 is 1.23 bits per heavy atom. The zero-order valence-corrected chi connectivity index (χ0v) is 15.7. The summed E-state index contributed by atoms with van der Waals surface area (Å²) in [5.74, 6) is 1.92. The van der Waals surface area contributed by atoms with Crippen LogP contribution in [0.25, 0.3) is 0 Å². The van der Waals surface area contributed by atoms with Crippen molar-refractivity contribution in [3.63, 3.8) is 0 Å². The molecule has 0 amide bonds. The summed E-state index contributed by atoms with van der Waals surface area (Å²) in [6, 6.07) is 0. The van der Waals surface area contributed by atoms with E-state index >= 15 is 0 Å². The van der Waals surface area contributed by atoms with Crippen LogP contribution in [-0.2, 0) is 10.8 Å². The first-order valence-corrected chi connectivity index (χ1v) is 7.72. The largest absolute Gasteiger partial charge is 0.361 e. The molecule has 0 atom stereocenters. The Morgan fingerprint density at radius 3 is 1.41 bits per heavy atom. The van der Waals surface area contributed by atoms with Crippen LogP contribution in [0.3, 0.4) is 0 Å². The molecule has 2 aromatic rings. The third kappa shape index (κ3) is 4.21. The Kier molecular flexibility index (Phi) is 5.26. The number of rotatable bonds is 0. The van der Waals surface area contributed by atoms with Crippen LogP contribution in [0.2, 0.25) is 0 Å². The van der Waals surface area contributed by atoms with Crippen LogP contribution >= 0.6 is 0 Å². The third-order valence-corrected chi connectivity index (χ3v) is 3.71. The lowest BCUT2D eigenvalue weighted by molar-refractivity contribution is 0.326. The molecular weight excluding hydrogens is 276 g/mol. The summed E-state index contributed by atoms with van der Waals surface area (Å²) in [6.07, 6.45) is 0. The van der Waals surface area contributed by atoms with Crippen molar-refractivity contribution in [1.29, 1.82) is 0 Å². The van der Waals surface area contributed by atoms with E-state index in [2.05, 4.69) is 51.9 Å². The quantitative estimate of drug-likeness (QED) is 0.673. The summed E-state index contributed by atoms with van der Waals surface area (Å²) in [7, 11) is 0. The van der Waals surface area contributed by atoms with Gasteiger partial charge in [-0.25, -0.2) is 0 Å². The van der Waals surface area contributed by atoms with Crippen molar-refractivity contribution in [2.45, 2.75) is 80.1 Å². The molecule has 2 heterocycles. The smallest absolute Gasteiger partial charge is 0.145 e. The fraction of sp³-hybridized carbons (Fsp3) is 0.667. The van der Waals surface area contributed by atoms with Crippen molar-refractivity contribution in [2.24, 2.45) is 0 Å². The van der Waals surface area contributed by atoms with Gasteiger partial charge in [-0.2, -0.15) is 0 Å². The van der Waals surface area contributed by atoms with E-state index in [9.17, 15) is 0 Å². The Hall–Kier alpha value is -1.58. The molecule has 4 heteroatoms. The summed E-state index contributed by atoms with van der Waals surface area (Å²) in [5.41, 5.74) is 4.59. The lowest BCUT2D eigenvalue weighted by Gasteiger charge is -2.14. The molecule has 2 aromatic heterocycles. The topological polar surface area (TPSA) is 52.1 Å². The molecule has 0 aliphatic rings. The monoisotopic (exact) mass is 306 g/mol. The summed E-state index contributed by atoms with van der Waals surface area (Å²) >= 11 is 0. The highest BCUT2D eigenvalue weighted by Gasteiger charge is 2.22. The predicted octanol–water partition coefficient (Wildman–Crippen LogP) is 5.18. The van der Waals surface area contributed by atoms with Gasteiger partial charge in [-0.05, 0) is 27.7 Å². The zero-order valence-electron chi connectivity index (χ0n) is 15.7. The van der Waals surface area contributed by atoms with Crippen LogP contribution in [0.15, 0.2) is 9.05 Å². The summed E-state index contributed by atoms with van der Waals surface area (Å²) in [4.78, 5) is 0. The van der Waals surface area contributed by atoms with E-state index in [0.29, 0.717) is 0 Å². The van der Waals surface area contributed by atoms with Crippen LogP contribution in [-0.4, -0.2) is 10.3 Å². The maximum absolute atomic E-state index is 5.21. The highest BCUT2D eigenvalue weighted by atomic mass is 16.5. The van der Waals surface area contributed by atoms with Gasteiger partial charge in [0.25, 0.3) is 0 Å². The molecule has 0 bridgehead atoms. The minimum Gasteiger partial charge on any atom is -0.361 e.